The van der Waals surface area contributed by atoms with Gasteiger partial charge in [-0.1, -0.05) is 22.0 Å². The van der Waals surface area contributed by atoms with Gasteiger partial charge in [-0.3, -0.25) is 4.99 Å². The molecule has 130 valence electrons. The molecule has 2 aromatic rings. The highest BCUT2D eigenvalue weighted by molar-refractivity contribution is 9.10. The number of halogens is 5. The van der Waals surface area contributed by atoms with Gasteiger partial charge in [0.2, 0.25) is 0 Å². The van der Waals surface area contributed by atoms with E-state index in [-0.39, 0.29) is 23.9 Å². The quantitative estimate of drug-likeness (QED) is 0.444. The molecule has 24 heavy (non-hydrogen) atoms. The fourth-order valence-corrected chi connectivity index (χ4v) is 2.82. The van der Waals surface area contributed by atoms with Crippen LogP contribution in [0.4, 0.5) is 17.6 Å². The van der Waals surface area contributed by atoms with E-state index in [2.05, 4.69) is 36.5 Å². The number of rotatable bonds is 4. The molecule has 0 unspecified atom stereocenters. The number of thiazole rings is 1. The zero-order chi connectivity index (χ0) is 17.7. The van der Waals surface area contributed by atoms with E-state index in [1.54, 1.807) is 12.1 Å². The normalized spacial score (nSPS) is 12.3. The smallest absolute Gasteiger partial charge is 0.352 e. The standard InChI is InChI=1S/C14H13BrF4N4S/c1-20-13(21-5-8-2-3-9(15)4-10(8)16)22-6-12-23-11(7-24-12)14(17,18)19/h2-4,7H,5-6H2,1H3,(H2,20,21,22). The lowest BCUT2D eigenvalue weighted by atomic mass is 10.2. The van der Waals surface area contributed by atoms with Crippen molar-refractivity contribution in [3.8, 4) is 0 Å². The van der Waals surface area contributed by atoms with Crippen molar-refractivity contribution in [1.82, 2.24) is 15.6 Å². The molecule has 0 saturated heterocycles. The van der Waals surface area contributed by atoms with Crippen molar-refractivity contribution in [2.24, 2.45) is 4.99 Å². The number of hydrogen-bond acceptors (Lipinski definition) is 3. The van der Waals surface area contributed by atoms with Crippen LogP contribution in [0.1, 0.15) is 16.3 Å². The molecule has 0 atom stereocenters. The van der Waals surface area contributed by atoms with Crippen LogP contribution in [0.25, 0.3) is 0 Å². The van der Waals surface area contributed by atoms with Crippen molar-refractivity contribution >= 4 is 33.2 Å². The van der Waals surface area contributed by atoms with Gasteiger partial charge in [-0.25, -0.2) is 9.37 Å². The average molecular weight is 425 g/mol. The zero-order valence-electron chi connectivity index (χ0n) is 12.4. The molecule has 0 bridgehead atoms. The van der Waals surface area contributed by atoms with Gasteiger partial charge in [-0.2, -0.15) is 13.2 Å². The molecule has 1 aromatic heterocycles. The summed E-state index contributed by atoms with van der Waals surface area (Å²) in [4.78, 5) is 7.45. The summed E-state index contributed by atoms with van der Waals surface area (Å²) in [6, 6.07) is 4.68. The van der Waals surface area contributed by atoms with Gasteiger partial charge in [-0.15, -0.1) is 11.3 Å². The minimum absolute atomic E-state index is 0.0865. The second-order valence-corrected chi connectivity index (χ2v) is 6.50. The van der Waals surface area contributed by atoms with Crippen molar-refractivity contribution in [3.05, 3.63) is 50.1 Å². The topological polar surface area (TPSA) is 49.3 Å². The first-order valence-electron chi connectivity index (χ1n) is 6.69. The van der Waals surface area contributed by atoms with Crippen molar-refractivity contribution in [2.75, 3.05) is 7.05 Å². The lowest BCUT2D eigenvalue weighted by Crippen LogP contribution is -2.36. The van der Waals surface area contributed by atoms with E-state index in [1.165, 1.54) is 13.1 Å². The number of benzene rings is 1. The van der Waals surface area contributed by atoms with Crippen molar-refractivity contribution in [2.45, 2.75) is 19.3 Å². The number of aliphatic imine (C=N–C) groups is 1. The first-order chi connectivity index (χ1) is 11.3. The maximum Gasteiger partial charge on any atom is 0.434 e. The highest BCUT2D eigenvalue weighted by atomic mass is 79.9. The SMILES string of the molecule is CN=C(NCc1nc(C(F)(F)F)cs1)NCc1ccc(Br)cc1F. The minimum Gasteiger partial charge on any atom is -0.352 e. The number of nitrogens with one attached hydrogen (secondary N) is 2. The first-order valence-corrected chi connectivity index (χ1v) is 8.37. The van der Waals surface area contributed by atoms with Gasteiger partial charge < -0.3 is 10.6 Å². The molecule has 10 heteroatoms. The van der Waals surface area contributed by atoms with E-state index in [4.69, 9.17) is 0 Å². The lowest BCUT2D eigenvalue weighted by molar-refractivity contribution is -0.140. The van der Waals surface area contributed by atoms with Gasteiger partial charge in [0.25, 0.3) is 0 Å². The van der Waals surface area contributed by atoms with Crippen LogP contribution in [0.5, 0.6) is 0 Å². The fourth-order valence-electron chi connectivity index (χ4n) is 1.75. The summed E-state index contributed by atoms with van der Waals surface area (Å²) >= 11 is 4.08. The Morgan fingerprint density at radius 2 is 2.00 bits per heavy atom. The molecular formula is C14H13BrF4N4S. The van der Waals surface area contributed by atoms with Crippen molar-refractivity contribution < 1.29 is 17.6 Å². The fraction of sp³-hybridized carbons (Fsp3) is 0.286. The third kappa shape index (κ3) is 5.17. The molecule has 0 saturated carbocycles. The molecule has 0 aliphatic heterocycles. The molecule has 2 N–H and O–H groups in total. The molecular weight excluding hydrogens is 412 g/mol. The molecule has 0 amide bonds. The molecule has 0 radical (unpaired) electrons. The summed E-state index contributed by atoms with van der Waals surface area (Å²) in [6.07, 6.45) is -4.45. The number of alkyl halides is 3. The Hall–Kier alpha value is -1.68. The van der Waals surface area contributed by atoms with Crippen LogP contribution in [0.15, 0.2) is 33.0 Å². The Morgan fingerprint density at radius 1 is 1.29 bits per heavy atom. The van der Waals surface area contributed by atoms with Crippen LogP contribution in [-0.4, -0.2) is 18.0 Å². The number of nitrogens with zero attached hydrogens (tertiary/aromatic N) is 2. The van der Waals surface area contributed by atoms with Crippen LogP contribution in [-0.2, 0) is 19.3 Å². The Morgan fingerprint density at radius 3 is 2.58 bits per heavy atom. The average Bonchev–Trinajstić information content (AvgIpc) is 2.98. The van der Waals surface area contributed by atoms with Gasteiger partial charge in [-0.05, 0) is 12.1 Å². The molecule has 0 spiro atoms. The highest BCUT2D eigenvalue weighted by Gasteiger charge is 2.33. The Bertz CT molecular complexity index is 730. The Balaban J connectivity index is 1.90. The molecule has 1 heterocycles. The highest BCUT2D eigenvalue weighted by Crippen LogP contribution is 2.29. The van der Waals surface area contributed by atoms with Gasteiger partial charge in [0.15, 0.2) is 11.7 Å². The summed E-state index contributed by atoms with van der Waals surface area (Å²) in [5, 5.41) is 6.97. The zero-order valence-corrected chi connectivity index (χ0v) is 14.8. The third-order valence-electron chi connectivity index (χ3n) is 2.93. The lowest BCUT2D eigenvalue weighted by Gasteiger charge is -2.11. The maximum atomic E-state index is 13.7. The Labute approximate surface area is 148 Å². The number of hydrogen-bond donors (Lipinski definition) is 2. The second-order valence-electron chi connectivity index (χ2n) is 4.64. The molecule has 1 aromatic carbocycles. The molecule has 2 rings (SSSR count). The van der Waals surface area contributed by atoms with Crippen LogP contribution in [0, 0.1) is 5.82 Å². The molecule has 4 nitrogen and oxygen atoms in total. The van der Waals surface area contributed by atoms with E-state index < -0.39 is 11.9 Å². The van der Waals surface area contributed by atoms with E-state index in [0.717, 1.165) is 16.7 Å². The summed E-state index contributed by atoms with van der Waals surface area (Å²) in [5.74, 6) is -0.0388. The van der Waals surface area contributed by atoms with E-state index in [1.807, 2.05) is 0 Å². The van der Waals surface area contributed by atoms with E-state index in [0.29, 0.717) is 16.0 Å². The molecule has 0 aliphatic rings. The number of guanidine groups is 1. The van der Waals surface area contributed by atoms with Crippen LogP contribution >= 0.6 is 27.3 Å². The van der Waals surface area contributed by atoms with Gasteiger partial charge in [0, 0.05) is 29.0 Å². The summed E-state index contributed by atoms with van der Waals surface area (Å²) < 4.78 is 51.8. The maximum absolute atomic E-state index is 13.7. The largest absolute Gasteiger partial charge is 0.434 e. The van der Waals surface area contributed by atoms with Crippen LogP contribution < -0.4 is 10.6 Å². The summed E-state index contributed by atoms with van der Waals surface area (Å²) in [7, 11) is 1.51. The van der Waals surface area contributed by atoms with E-state index in [9.17, 15) is 17.6 Å². The first kappa shape index (κ1) is 18.7. The Kier molecular flexibility index (Phi) is 6.16. The van der Waals surface area contributed by atoms with Gasteiger partial charge >= 0.3 is 6.18 Å². The van der Waals surface area contributed by atoms with Gasteiger partial charge in [0.05, 0.1) is 6.54 Å². The third-order valence-corrected chi connectivity index (χ3v) is 4.28. The van der Waals surface area contributed by atoms with Crippen LogP contribution in [0.2, 0.25) is 0 Å². The van der Waals surface area contributed by atoms with E-state index >= 15 is 0 Å². The number of aromatic nitrogens is 1. The predicted molar refractivity (Wildman–Crippen MR) is 88.3 cm³/mol. The van der Waals surface area contributed by atoms with Crippen molar-refractivity contribution in [1.29, 1.82) is 0 Å². The summed E-state index contributed by atoms with van der Waals surface area (Å²) in [6.45, 7) is 0.272. The second kappa shape index (κ2) is 7.93. The predicted octanol–water partition coefficient (Wildman–Crippen LogP) is 3.93. The summed E-state index contributed by atoms with van der Waals surface area (Å²) in [5.41, 5.74) is -0.473. The van der Waals surface area contributed by atoms with Crippen LogP contribution in [0.3, 0.4) is 0 Å². The molecule has 0 fully saturated rings. The van der Waals surface area contributed by atoms with Gasteiger partial charge in [0.1, 0.15) is 10.8 Å². The van der Waals surface area contributed by atoms with Crippen molar-refractivity contribution in [3.63, 3.8) is 0 Å². The molecule has 0 aliphatic carbocycles. The minimum atomic E-state index is -4.45. The monoisotopic (exact) mass is 424 g/mol.